The van der Waals surface area contributed by atoms with Crippen LogP contribution in [0.5, 0.6) is 0 Å². The lowest BCUT2D eigenvalue weighted by molar-refractivity contribution is -0.130. The highest BCUT2D eigenvalue weighted by Gasteiger charge is 2.39. The number of nitrogens with zero attached hydrogens (tertiary/aromatic N) is 2. The zero-order valence-corrected chi connectivity index (χ0v) is 22.0. The smallest absolute Gasteiger partial charge is 0.335 e. The standard InChI is InChI=1S/C26H28N2O7S2/c1-15-21(29)27(23(36-15)17-3-7-19(8-4-17)25(31)32)11-13-35-14-12-28-22(30)16(2)37-24(28)18-5-9-20(10-6-18)26(33)34/h3-10,15-16,23-24H,11-14H2,1-2H3,(H,31,32)(H,33,34). The van der Waals surface area contributed by atoms with Gasteiger partial charge < -0.3 is 24.7 Å². The number of benzene rings is 2. The minimum Gasteiger partial charge on any atom is -0.478 e. The summed E-state index contributed by atoms with van der Waals surface area (Å²) in [5.41, 5.74) is 2.11. The van der Waals surface area contributed by atoms with Crippen LogP contribution in [0.4, 0.5) is 0 Å². The highest BCUT2D eigenvalue weighted by Crippen LogP contribution is 2.43. The van der Waals surface area contributed by atoms with Gasteiger partial charge in [-0.2, -0.15) is 0 Å². The molecule has 0 spiro atoms. The van der Waals surface area contributed by atoms with E-state index in [1.807, 2.05) is 13.8 Å². The van der Waals surface area contributed by atoms with Gasteiger partial charge in [0.15, 0.2) is 0 Å². The third kappa shape index (κ3) is 5.94. The summed E-state index contributed by atoms with van der Waals surface area (Å²) >= 11 is 3.03. The minimum atomic E-state index is -0.996. The number of carboxylic acids is 2. The average Bonchev–Trinajstić information content (AvgIpc) is 3.33. The number of carbonyl (C=O) groups is 4. The Morgan fingerprint density at radius 3 is 1.41 bits per heavy atom. The van der Waals surface area contributed by atoms with E-state index in [9.17, 15) is 19.2 Å². The Balaban J connectivity index is 1.32. The van der Waals surface area contributed by atoms with Crippen LogP contribution in [0, 0.1) is 0 Å². The van der Waals surface area contributed by atoms with Gasteiger partial charge in [-0.1, -0.05) is 24.3 Å². The van der Waals surface area contributed by atoms with Crippen molar-refractivity contribution in [3.8, 4) is 0 Å². The van der Waals surface area contributed by atoms with Crippen LogP contribution < -0.4 is 0 Å². The van der Waals surface area contributed by atoms with Crippen molar-refractivity contribution in [2.24, 2.45) is 0 Å². The Labute approximate surface area is 223 Å². The Bertz CT molecular complexity index is 1080. The molecule has 2 heterocycles. The SMILES string of the molecule is CC1SC(c2ccc(C(=O)O)cc2)N(CCOCCN2C(=O)C(C)SC2c2ccc(C(=O)O)cc2)C1=O. The lowest BCUT2D eigenvalue weighted by Gasteiger charge is -2.26. The fraction of sp³-hybridized carbons (Fsp3) is 0.385. The quantitative estimate of drug-likeness (QED) is 0.431. The van der Waals surface area contributed by atoms with Gasteiger partial charge in [-0.15, -0.1) is 23.5 Å². The van der Waals surface area contributed by atoms with Gasteiger partial charge in [0, 0.05) is 13.1 Å². The molecule has 2 aliphatic rings. The van der Waals surface area contributed by atoms with Gasteiger partial charge >= 0.3 is 11.9 Å². The number of hydrogen-bond acceptors (Lipinski definition) is 7. The maximum Gasteiger partial charge on any atom is 0.335 e. The minimum absolute atomic E-state index is 0.00530. The molecule has 2 aliphatic heterocycles. The summed E-state index contributed by atoms with van der Waals surface area (Å²) in [6, 6.07) is 13.1. The fourth-order valence-electron chi connectivity index (χ4n) is 4.33. The maximum atomic E-state index is 12.7. The van der Waals surface area contributed by atoms with E-state index in [1.165, 1.54) is 47.8 Å². The van der Waals surface area contributed by atoms with Gasteiger partial charge in [-0.05, 0) is 49.2 Å². The molecule has 9 nitrogen and oxygen atoms in total. The molecule has 4 unspecified atom stereocenters. The molecule has 4 atom stereocenters. The molecule has 2 saturated heterocycles. The van der Waals surface area contributed by atoms with Crippen LogP contribution in [0.2, 0.25) is 0 Å². The van der Waals surface area contributed by atoms with Crippen LogP contribution in [0.1, 0.15) is 56.4 Å². The molecule has 4 rings (SSSR count). The lowest BCUT2D eigenvalue weighted by atomic mass is 10.1. The van der Waals surface area contributed by atoms with Gasteiger partial charge in [0.1, 0.15) is 10.7 Å². The summed E-state index contributed by atoms with van der Waals surface area (Å²) in [6.07, 6.45) is 0. The van der Waals surface area contributed by atoms with Gasteiger partial charge in [0.25, 0.3) is 0 Å². The van der Waals surface area contributed by atoms with Crippen molar-refractivity contribution < 1.29 is 34.1 Å². The zero-order chi connectivity index (χ0) is 26.7. The van der Waals surface area contributed by atoms with Crippen molar-refractivity contribution in [1.82, 2.24) is 9.80 Å². The van der Waals surface area contributed by atoms with Gasteiger partial charge in [0.05, 0.1) is 34.8 Å². The van der Waals surface area contributed by atoms with Crippen LogP contribution in [0.15, 0.2) is 48.5 Å². The van der Waals surface area contributed by atoms with E-state index in [0.717, 1.165) is 11.1 Å². The van der Waals surface area contributed by atoms with E-state index in [2.05, 4.69) is 0 Å². The molecule has 196 valence electrons. The predicted molar refractivity (Wildman–Crippen MR) is 141 cm³/mol. The van der Waals surface area contributed by atoms with E-state index in [0.29, 0.717) is 26.3 Å². The topological polar surface area (TPSA) is 124 Å². The van der Waals surface area contributed by atoms with Crippen LogP contribution in [0.25, 0.3) is 0 Å². The van der Waals surface area contributed by atoms with Crippen LogP contribution >= 0.6 is 23.5 Å². The number of aromatic carboxylic acids is 2. The van der Waals surface area contributed by atoms with Crippen molar-refractivity contribution in [3.05, 3.63) is 70.8 Å². The number of ether oxygens (including phenoxy) is 1. The molecular weight excluding hydrogens is 516 g/mol. The third-order valence-corrected chi connectivity index (χ3v) is 9.12. The fourth-order valence-corrected chi connectivity index (χ4v) is 6.95. The van der Waals surface area contributed by atoms with Gasteiger partial charge in [0.2, 0.25) is 11.8 Å². The maximum absolute atomic E-state index is 12.7. The molecule has 0 bridgehead atoms. The second-order valence-corrected chi connectivity index (χ2v) is 11.6. The van der Waals surface area contributed by atoms with E-state index in [4.69, 9.17) is 14.9 Å². The molecule has 0 radical (unpaired) electrons. The van der Waals surface area contributed by atoms with E-state index in [-0.39, 0.29) is 44.2 Å². The van der Waals surface area contributed by atoms with Gasteiger partial charge in [-0.25, -0.2) is 9.59 Å². The second kappa shape index (κ2) is 11.6. The number of amides is 2. The normalized spacial score (nSPS) is 23.6. The highest BCUT2D eigenvalue weighted by atomic mass is 32.2. The first-order valence-corrected chi connectivity index (χ1v) is 13.7. The molecule has 0 saturated carbocycles. The highest BCUT2D eigenvalue weighted by molar-refractivity contribution is 8.01. The van der Waals surface area contributed by atoms with E-state index in [1.54, 1.807) is 34.1 Å². The van der Waals surface area contributed by atoms with Crippen LogP contribution in [-0.4, -0.2) is 80.6 Å². The molecule has 2 fully saturated rings. The first kappa shape index (κ1) is 27.0. The second-order valence-electron chi connectivity index (χ2n) is 8.79. The van der Waals surface area contributed by atoms with E-state index >= 15 is 0 Å². The first-order valence-electron chi connectivity index (χ1n) is 11.8. The summed E-state index contributed by atoms with van der Waals surface area (Å²) in [5.74, 6) is -1.98. The van der Waals surface area contributed by atoms with Crippen LogP contribution in [0.3, 0.4) is 0 Å². The monoisotopic (exact) mass is 544 g/mol. The van der Waals surface area contributed by atoms with Crippen LogP contribution in [-0.2, 0) is 14.3 Å². The number of hydrogen-bond donors (Lipinski definition) is 2. The number of carboxylic acid groups (broad SMARTS) is 2. The predicted octanol–water partition coefficient (Wildman–Crippen LogP) is 3.72. The zero-order valence-electron chi connectivity index (χ0n) is 20.4. The molecule has 37 heavy (non-hydrogen) atoms. The van der Waals surface area contributed by atoms with Crippen molar-refractivity contribution >= 4 is 47.3 Å². The lowest BCUT2D eigenvalue weighted by Crippen LogP contribution is -2.35. The van der Waals surface area contributed by atoms with Crippen molar-refractivity contribution in [1.29, 1.82) is 0 Å². The summed E-state index contributed by atoms with van der Waals surface area (Å²) in [5, 5.41) is 17.4. The Morgan fingerprint density at radius 2 is 1.08 bits per heavy atom. The molecule has 2 amide bonds. The molecule has 2 N–H and O–H groups in total. The number of carbonyl (C=O) groups excluding carboxylic acids is 2. The van der Waals surface area contributed by atoms with Gasteiger partial charge in [-0.3, -0.25) is 9.59 Å². The van der Waals surface area contributed by atoms with E-state index < -0.39 is 11.9 Å². The van der Waals surface area contributed by atoms with Crippen molar-refractivity contribution in [2.45, 2.75) is 35.1 Å². The third-order valence-electron chi connectivity index (χ3n) is 6.33. The van der Waals surface area contributed by atoms with Crippen molar-refractivity contribution in [3.63, 3.8) is 0 Å². The average molecular weight is 545 g/mol. The molecule has 0 aliphatic carbocycles. The molecule has 2 aromatic rings. The molecular formula is C26H28N2O7S2. The summed E-state index contributed by atoms with van der Waals surface area (Å²) < 4.78 is 5.83. The Kier molecular flexibility index (Phi) is 8.46. The summed E-state index contributed by atoms with van der Waals surface area (Å²) in [7, 11) is 0. The molecule has 11 heteroatoms. The van der Waals surface area contributed by atoms with Crippen molar-refractivity contribution in [2.75, 3.05) is 26.3 Å². The Morgan fingerprint density at radius 1 is 0.730 bits per heavy atom. The molecule has 0 aromatic heterocycles. The first-order chi connectivity index (χ1) is 17.7. The summed E-state index contributed by atoms with van der Waals surface area (Å²) in [4.78, 5) is 51.3. The summed E-state index contributed by atoms with van der Waals surface area (Å²) in [6.45, 7) is 5.05. The Hall–Kier alpha value is -3.02. The molecule has 2 aromatic carbocycles. The number of rotatable bonds is 10. The largest absolute Gasteiger partial charge is 0.478 e. The number of thioether (sulfide) groups is 2.